The molecule has 1 aliphatic carbocycles. The molecule has 106 valence electrons. The van der Waals surface area contributed by atoms with Crippen molar-refractivity contribution in [1.29, 1.82) is 0 Å². The molecular weight excluding hydrogens is 262 g/mol. The van der Waals surface area contributed by atoms with E-state index in [0.717, 1.165) is 18.1 Å². The molecule has 0 radical (unpaired) electrons. The first-order valence-electron chi connectivity index (χ1n) is 7.09. The van der Waals surface area contributed by atoms with Crippen molar-refractivity contribution >= 4 is 8.32 Å². The van der Waals surface area contributed by atoms with Crippen molar-refractivity contribution in [3.05, 3.63) is 35.9 Å². The van der Waals surface area contributed by atoms with Gasteiger partial charge in [0.1, 0.15) is 0 Å². The third kappa shape index (κ3) is 2.36. The molecule has 0 bridgehead atoms. The van der Waals surface area contributed by atoms with E-state index >= 15 is 0 Å². The highest BCUT2D eigenvalue weighted by atomic mass is 28.4. The topological polar surface area (TPSA) is 9.23 Å². The monoisotopic (exact) mass is 284 g/mol. The van der Waals surface area contributed by atoms with Gasteiger partial charge in [-0.2, -0.15) is 0 Å². The highest BCUT2D eigenvalue weighted by molar-refractivity contribution is 6.73. The molecule has 1 fully saturated rings. The summed E-state index contributed by atoms with van der Waals surface area (Å²) in [4.78, 5) is 0. The van der Waals surface area contributed by atoms with Gasteiger partial charge < -0.3 is 4.43 Å². The molecule has 1 unspecified atom stereocenters. The molecule has 0 aromatic heterocycles. The van der Waals surface area contributed by atoms with E-state index in [4.69, 9.17) is 4.43 Å². The Morgan fingerprint density at radius 2 is 1.53 bits per heavy atom. The second-order valence-electron chi connectivity index (χ2n) is 5.42. The molecule has 0 N–H and O–H groups in total. The van der Waals surface area contributed by atoms with E-state index < -0.39 is 19.8 Å². The van der Waals surface area contributed by atoms with Gasteiger partial charge in [0, 0.05) is 0 Å². The maximum absolute atomic E-state index is 14.0. The van der Waals surface area contributed by atoms with Gasteiger partial charge in [-0.3, -0.25) is 0 Å². The smallest absolute Gasteiger partial charge is 0.283 e. The SMILES string of the molecule is CC[Si](CC)(CC)OC1(c2ccccc2)CC1(F)F. The number of alkyl halides is 2. The fraction of sp³-hybridized carbons (Fsp3) is 0.600. The summed E-state index contributed by atoms with van der Waals surface area (Å²) in [7, 11) is -2.04. The summed E-state index contributed by atoms with van der Waals surface area (Å²) in [5, 5.41) is 0. The highest BCUT2D eigenvalue weighted by Crippen LogP contribution is 2.63. The largest absolute Gasteiger partial charge is 0.402 e. The van der Waals surface area contributed by atoms with Crippen LogP contribution < -0.4 is 0 Å². The average Bonchev–Trinajstić information content (AvgIpc) is 3.00. The summed E-state index contributed by atoms with van der Waals surface area (Å²) in [5.41, 5.74) is -0.713. The van der Waals surface area contributed by atoms with Gasteiger partial charge in [-0.1, -0.05) is 51.1 Å². The molecule has 0 saturated heterocycles. The minimum absolute atomic E-state index is 0.168. The summed E-state index contributed by atoms with van der Waals surface area (Å²) in [5.74, 6) is -2.72. The standard InChI is InChI=1S/C15H22F2OSi/c1-4-19(5-2,6-3)18-14(12-15(14,16)17)13-10-8-7-9-11-13/h7-11H,4-6,12H2,1-3H3. The summed E-state index contributed by atoms with van der Waals surface area (Å²) in [6.45, 7) is 6.20. The van der Waals surface area contributed by atoms with Crippen LogP contribution in [0.5, 0.6) is 0 Å². The van der Waals surface area contributed by atoms with Crippen LogP contribution in [-0.4, -0.2) is 14.2 Å². The predicted molar refractivity (Wildman–Crippen MR) is 76.0 cm³/mol. The molecule has 19 heavy (non-hydrogen) atoms. The Hall–Kier alpha value is -0.743. The Balaban J connectivity index is 2.34. The molecule has 1 aromatic carbocycles. The van der Waals surface area contributed by atoms with Crippen LogP contribution in [0, 0.1) is 0 Å². The van der Waals surface area contributed by atoms with Gasteiger partial charge in [-0.05, 0) is 23.7 Å². The van der Waals surface area contributed by atoms with E-state index in [1.807, 2.05) is 18.2 Å². The third-order valence-corrected chi connectivity index (χ3v) is 9.15. The molecule has 2 rings (SSSR count). The Labute approximate surface area is 115 Å². The highest BCUT2D eigenvalue weighted by Gasteiger charge is 2.74. The molecule has 0 amide bonds. The number of hydrogen-bond donors (Lipinski definition) is 0. The zero-order valence-corrected chi connectivity index (χ0v) is 12.9. The van der Waals surface area contributed by atoms with Crippen LogP contribution in [-0.2, 0) is 10.0 Å². The average molecular weight is 284 g/mol. The van der Waals surface area contributed by atoms with Crippen molar-refractivity contribution in [1.82, 2.24) is 0 Å². The molecule has 1 aliphatic rings. The number of benzene rings is 1. The van der Waals surface area contributed by atoms with Crippen LogP contribution in [0.2, 0.25) is 18.1 Å². The molecule has 0 heterocycles. The first-order valence-corrected chi connectivity index (χ1v) is 9.62. The molecule has 4 heteroatoms. The maximum atomic E-state index is 14.0. The van der Waals surface area contributed by atoms with Crippen LogP contribution in [0.1, 0.15) is 32.8 Å². The van der Waals surface area contributed by atoms with E-state index in [1.165, 1.54) is 0 Å². The second-order valence-corrected chi connectivity index (χ2v) is 10.1. The minimum atomic E-state index is -2.72. The van der Waals surface area contributed by atoms with Gasteiger partial charge in [0.15, 0.2) is 13.9 Å². The van der Waals surface area contributed by atoms with E-state index in [0.29, 0.717) is 5.56 Å². The van der Waals surface area contributed by atoms with Crippen molar-refractivity contribution in [2.24, 2.45) is 0 Å². The summed E-state index contributed by atoms with van der Waals surface area (Å²) < 4.78 is 34.1. The van der Waals surface area contributed by atoms with Gasteiger partial charge in [0.25, 0.3) is 5.92 Å². The second kappa shape index (κ2) is 4.98. The van der Waals surface area contributed by atoms with Crippen LogP contribution >= 0.6 is 0 Å². The molecule has 1 aromatic rings. The lowest BCUT2D eigenvalue weighted by molar-refractivity contribution is 0.00162. The van der Waals surface area contributed by atoms with Crippen molar-refractivity contribution in [3.63, 3.8) is 0 Å². The Bertz CT molecular complexity index is 423. The summed E-state index contributed by atoms with van der Waals surface area (Å²) in [6.07, 6.45) is -0.168. The molecule has 0 aliphatic heterocycles. The van der Waals surface area contributed by atoms with Crippen molar-refractivity contribution in [3.8, 4) is 0 Å². The van der Waals surface area contributed by atoms with Crippen LogP contribution in [0.15, 0.2) is 30.3 Å². The van der Waals surface area contributed by atoms with Crippen LogP contribution in [0.4, 0.5) is 8.78 Å². The Kier molecular flexibility index (Phi) is 3.84. The lowest BCUT2D eigenvalue weighted by Gasteiger charge is -2.34. The Morgan fingerprint density at radius 1 is 1.05 bits per heavy atom. The van der Waals surface area contributed by atoms with Crippen molar-refractivity contribution < 1.29 is 13.2 Å². The lowest BCUT2D eigenvalue weighted by atomic mass is 10.1. The first kappa shape index (κ1) is 14.7. The number of halogens is 2. The van der Waals surface area contributed by atoms with Crippen molar-refractivity contribution in [2.75, 3.05) is 0 Å². The number of rotatable bonds is 6. The fourth-order valence-corrected chi connectivity index (χ4v) is 5.81. The molecule has 1 atom stereocenters. The minimum Gasteiger partial charge on any atom is -0.402 e. The van der Waals surface area contributed by atoms with Gasteiger partial charge >= 0.3 is 0 Å². The molecule has 1 nitrogen and oxygen atoms in total. The zero-order valence-electron chi connectivity index (χ0n) is 11.9. The first-order chi connectivity index (χ1) is 8.95. The normalized spacial score (nSPS) is 25.3. The van der Waals surface area contributed by atoms with E-state index in [1.54, 1.807) is 12.1 Å². The fourth-order valence-electron chi connectivity index (χ4n) is 2.79. The zero-order chi connectivity index (χ0) is 14.1. The van der Waals surface area contributed by atoms with Gasteiger partial charge in [-0.15, -0.1) is 0 Å². The van der Waals surface area contributed by atoms with E-state index in [-0.39, 0.29) is 6.42 Å². The Morgan fingerprint density at radius 3 is 1.89 bits per heavy atom. The van der Waals surface area contributed by atoms with Gasteiger partial charge in [0.2, 0.25) is 0 Å². The maximum Gasteiger partial charge on any atom is 0.283 e. The quantitative estimate of drug-likeness (QED) is 0.672. The summed E-state index contributed by atoms with van der Waals surface area (Å²) in [6, 6.07) is 11.7. The number of hydrogen-bond acceptors (Lipinski definition) is 1. The van der Waals surface area contributed by atoms with Gasteiger partial charge in [-0.25, -0.2) is 8.78 Å². The predicted octanol–water partition coefficient (Wildman–Crippen LogP) is 4.94. The van der Waals surface area contributed by atoms with Crippen LogP contribution in [0.3, 0.4) is 0 Å². The van der Waals surface area contributed by atoms with Gasteiger partial charge in [0.05, 0.1) is 6.42 Å². The van der Waals surface area contributed by atoms with Crippen LogP contribution in [0.25, 0.3) is 0 Å². The summed E-state index contributed by atoms with van der Waals surface area (Å²) >= 11 is 0. The molecule has 0 spiro atoms. The molecular formula is C15H22F2OSi. The molecule has 1 saturated carbocycles. The lowest BCUT2D eigenvalue weighted by Crippen LogP contribution is -2.42. The van der Waals surface area contributed by atoms with E-state index in [2.05, 4.69) is 20.8 Å². The van der Waals surface area contributed by atoms with E-state index in [9.17, 15) is 8.78 Å². The van der Waals surface area contributed by atoms with Crippen molar-refractivity contribution in [2.45, 2.75) is 56.8 Å². The third-order valence-electron chi connectivity index (χ3n) is 4.50.